The minimum Gasteiger partial charge on any atom is -0.338 e. The predicted octanol–water partition coefficient (Wildman–Crippen LogP) is 3.64. The van der Waals surface area contributed by atoms with Crippen LogP contribution >= 0.6 is 11.3 Å². The van der Waals surface area contributed by atoms with Gasteiger partial charge in [-0.15, -0.1) is 11.3 Å². The summed E-state index contributed by atoms with van der Waals surface area (Å²) in [7, 11) is 1.97. The summed E-state index contributed by atoms with van der Waals surface area (Å²) < 4.78 is 0. The molecule has 1 aliphatic rings. The van der Waals surface area contributed by atoms with Crippen molar-refractivity contribution in [2.45, 2.75) is 6.42 Å². The van der Waals surface area contributed by atoms with Crippen LogP contribution in [0.1, 0.15) is 16.8 Å². The van der Waals surface area contributed by atoms with Gasteiger partial charge in [-0.3, -0.25) is 4.79 Å². The van der Waals surface area contributed by atoms with Crippen LogP contribution in [0.3, 0.4) is 0 Å². The van der Waals surface area contributed by atoms with E-state index in [2.05, 4.69) is 11.4 Å². The van der Waals surface area contributed by atoms with Gasteiger partial charge in [0.15, 0.2) is 0 Å². The van der Waals surface area contributed by atoms with Crippen LogP contribution < -0.4 is 5.32 Å². The van der Waals surface area contributed by atoms with E-state index in [1.807, 2.05) is 53.7 Å². The molecule has 1 amide bonds. The molecule has 4 rings (SSSR count). The Morgan fingerprint density at radius 3 is 3.00 bits per heavy atom. The summed E-state index contributed by atoms with van der Waals surface area (Å²) in [6.07, 6.45) is 1.06. The molecule has 1 aliphatic heterocycles. The third-order valence-corrected chi connectivity index (χ3v) is 5.68. The highest BCUT2D eigenvalue weighted by Crippen LogP contribution is 2.29. The highest BCUT2D eigenvalue weighted by Gasteiger charge is 2.27. The van der Waals surface area contributed by atoms with Crippen molar-refractivity contribution in [1.29, 1.82) is 0 Å². The zero-order chi connectivity index (χ0) is 17.2. The third-order valence-electron chi connectivity index (χ3n) is 4.79. The quantitative estimate of drug-likeness (QED) is 0.780. The predicted molar refractivity (Wildman–Crippen MR) is 103 cm³/mol. The lowest BCUT2D eigenvalue weighted by Crippen LogP contribution is -2.30. The second-order valence-electron chi connectivity index (χ2n) is 6.51. The molecule has 3 heterocycles. The molecule has 1 fully saturated rings. The average molecular weight is 351 g/mol. The van der Waals surface area contributed by atoms with E-state index in [0.29, 0.717) is 5.92 Å². The van der Waals surface area contributed by atoms with Gasteiger partial charge in [0.05, 0.1) is 21.7 Å². The number of hydrogen-bond donors (Lipinski definition) is 1. The lowest BCUT2D eigenvalue weighted by atomic mass is 10.1. The molecule has 1 unspecified atom stereocenters. The smallest absolute Gasteiger partial charge is 0.254 e. The number of pyridine rings is 1. The Balaban J connectivity index is 1.74. The Labute approximate surface area is 151 Å². The van der Waals surface area contributed by atoms with Gasteiger partial charge >= 0.3 is 0 Å². The Hall–Kier alpha value is -2.24. The molecule has 0 aliphatic carbocycles. The molecule has 128 valence electrons. The van der Waals surface area contributed by atoms with Gasteiger partial charge in [0.25, 0.3) is 5.91 Å². The molecule has 0 bridgehead atoms. The highest BCUT2D eigenvalue weighted by atomic mass is 32.1. The molecule has 1 saturated heterocycles. The number of nitrogens with zero attached hydrogens (tertiary/aromatic N) is 2. The van der Waals surface area contributed by atoms with Crippen molar-refractivity contribution in [2.75, 3.05) is 26.7 Å². The first-order valence-electron chi connectivity index (χ1n) is 8.64. The SMILES string of the molecule is CNCC1CCN(C(=O)c2cc(-c3cccs3)nc3ccccc23)C1. The molecule has 3 aromatic rings. The summed E-state index contributed by atoms with van der Waals surface area (Å²) in [6.45, 7) is 2.61. The number of likely N-dealkylation sites (tertiary alicyclic amines) is 1. The Morgan fingerprint density at radius 2 is 2.20 bits per heavy atom. The number of thiophene rings is 1. The van der Waals surface area contributed by atoms with Crippen LogP contribution in [0.25, 0.3) is 21.5 Å². The molecule has 25 heavy (non-hydrogen) atoms. The fourth-order valence-corrected chi connectivity index (χ4v) is 4.23. The number of carbonyl (C=O) groups is 1. The molecule has 0 spiro atoms. The fraction of sp³-hybridized carbons (Fsp3) is 0.300. The molecule has 1 N–H and O–H groups in total. The van der Waals surface area contributed by atoms with Crippen molar-refractivity contribution in [1.82, 2.24) is 15.2 Å². The molecule has 0 saturated carbocycles. The van der Waals surface area contributed by atoms with Gasteiger partial charge in [-0.1, -0.05) is 24.3 Å². The van der Waals surface area contributed by atoms with Crippen LogP contribution in [0, 0.1) is 5.92 Å². The molecule has 1 aromatic carbocycles. The minimum absolute atomic E-state index is 0.120. The molecule has 1 atom stereocenters. The van der Waals surface area contributed by atoms with Crippen LogP contribution in [0.2, 0.25) is 0 Å². The number of aromatic nitrogens is 1. The Morgan fingerprint density at radius 1 is 1.32 bits per heavy atom. The summed E-state index contributed by atoms with van der Waals surface area (Å²) in [6, 6.07) is 13.9. The van der Waals surface area contributed by atoms with Gasteiger partial charge in [-0.2, -0.15) is 0 Å². The second-order valence-corrected chi connectivity index (χ2v) is 7.46. The highest BCUT2D eigenvalue weighted by molar-refractivity contribution is 7.13. The van der Waals surface area contributed by atoms with Crippen molar-refractivity contribution < 1.29 is 4.79 Å². The van der Waals surface area contributed by atoms with Crippen LogP contribution in [-0.4, -0.2) is 42.5 Å². The molecular weight excluding hydrogens is 330 g/mol. The third kappa shape index (κ3) is 3.17. The van der Waals surface area contributed by atoms with Gasteiger partial charge in [-0.25, -0.2) is 4.98 Å². The number of nitrogens with one attached hydrogen (secondary N) is 1. The second kappa shape index (κ2) is 6.94. The number of para-hydroxylation sites is 1. The zero-order valence-electron chi connectivity index (χ0n) is 14.2. The number of carbonyl (C=O) groups excluding carboxylic acids is 1. The Kier molecular flexibility index (Phi) is 4.51. The molecule has 5 heteroatoms. The van der Waals surface area contributed by atoms with Gasteiger partial charge < -0.3 is 10.2 Å². The maximum Gasteiger partial charge on any atom is 0.254 e. The first kappa shape index (κ1) is 16.2. The van der Waals surface area contributed by atoms with Crippen molar-refractivity contribution in [3.05, 3.63) is 53.4 Å². The van der Waals surface area contributed by atoms with Crippen LogP contribution in [0.4, 0.5) is 0 Å². The van der Waals surface area contributed by atoms with E-state index in [1.165, 1.54) is 0 Å². The maximum atomic E-state index is 13.2. The summed E-state index contributed by atoms with van der Waals surface area (Å²) in [5.41, 5.74) is 2.52. The van der Waals surface area contributed by atoms with Crippen molar-refractivity contribution in [2.24, 2.45) is 5.92 Å². The zero-order valence-corrected chi connectivity index (χ0v) is 15.1. The first-order valence-corrected chi connectivity index (χ1v) is 9.52. The van der Waals surface area contributed by atoms with E-state index in [4.69, 9.17) is 4.98 Å². The number of rotatable bonds is 4. The minimum atomic E-state index is 0.120. The van der Waals surface area contributed by atoms with Gasteiger partial charge in [0.2, 0.25) is 0 Å². The average Bonchev–Trinajstić information content (AvgIpc) is 3.32. The van der Waals surface area contributed by atoms with Crippen LogP contribution in [0.15, 0.2) is 47.8 Å². The van der Waals surface area contributed by atoms with Gasteiger partial charge in [-0.05, 0) is 49.5 Å². The number of hydrogen-bond acceptors (Lipinski definition) is 4. The van der Waals surface area contributed by atoms with E-state index in [0.717, 1.165) is 53.1 Å². The maximum absolute atomic E-state index is 13.2. The topological polar surface area (TPSA) is 45.2 Å². The monoisotopic (exact) mass is 351 g/mol. The van der Waals surface area contributed by atoms with E-state index >= 15 is 0 Å². The largest absolute Gasteiger partial charge is 0.338 e. The standard InChI is InChI=1S/C20H21N3OS/c1-21-12-14-8-9-23(13-14)20(24)16-11-18(19-7-4-10-25-19)22-17-6-3-2-5-15(16)17/h2-7,10-11,14,21H,8-9,12-13H2,1H3. The molecule has 4 nitrogen and oxygen atoms in total. The Bertz CT molecular complexity index is 891. The molecular formula is C20H21N3OS. The van der Waals surface area contributed by atoms with Crippen molar-refractivity contribution in [3.8, 4) is 10.6 Å². The lowest BCUT2D eigenvalue weighted by molar-refractivity contribution is 0.0789. The van der Waals surface area contributed by atoms with Gasteiger partial charge in [0, 0.05) is 18.5 Å². The van der Waals surface area contributed by atoms with E-state index < -0.39 is 0 Å². The van der Waals surface area contributed by atoms with E-state index in [-0.39, 0.29) is 5.91 Å². The fourth-order valence-electron chi connectivity index (χ4n) is 3.55. The number of fused-ring (bicyclic) bond motifs is 1. The normalized spacial score (nSPS) is 17.3. The van der Waals surface area contributed by atoms with E-state index in [9.17, 15) is 4.79 Å². The summed E-state index contributed by atoms with van der Waals surface area (Å²) in [4.78, 5) is 21.1. The van der Waals surface area contributed by atoms with Crippen molar-refractivity contribution in [3.63, 3.8) is 0 Å². The van der Waals surface area contributed by atoms with Crippen molar-refractivity contribution >= 4 is 28.1 Å². The summed E-state index contributed by atoms with van der Waals surface area (Å²) >= 11 is 1.65. The summed E-state index contributed by atoms with van der Waals surface area (Å²) in [5, 5.41) is 6.19. The first-order chi connectivity index (χ1) is 12.3. The van der Waals surface area contributed by atoms with Gasteiger partial charge in [0.1, 0.15) is 0 Å². The number of amides is 1. The molecule has 0 radical (unpaired) electrons. The lowest BCUT2D eigenvalue weighted by Gasteiger charge is -2.18. The molecule has 2 aromatic heterocycles. The van der Waals surface area contributed by atoms with Crippen LogP contribution in [0.5, 0.6) is 0 Å². The number of benzene rings is 1. The van der Waals surface area contributed by atoms with Crippen LogP contribution in [-0.2, 0) is 0 Å². The van der Waals surface area contributed by atoms with E-state index in [1.54, 1.807) is 11.3 Å². The summed E-state index contributed by atoms with van der Waals surface area (Å²) in [5.74, 6) is 0.661.